The van der Waals surface area contributed by atoms with Crippen molar-refractivity contribution < 1.29 is 18.0 Å². The molecule has 192 valence electrons. The minimum absolute atomic E-state index is 0.142. The number of hydrogen-bond acceptors (Lipinski definition) is 4. The number of carbonyl (C=O) groups excluding carboxylic acids is 2. The molecule has 0 bridgehead atoms. The van der Waals surface area contributed by atoms with Crippen molar-refractivity contribution in [2.45, 2.75) is 65.5 Å². The van der Waals surface area contributed by atoms with E-state index in [0.717, 1.165) is 24.0 Å². The number of carbonyl (C=O) groups is 2. The Morgan fingerprint density at radius 3 is 2.31 bits per heavy atom. The number of amides is 2. The van der Waals surface area contributed by atoms with E-state index in [-0.39, 0.29) is 24.8 Å². The van der Waals surface area contributed by atoms with Gasteiger partial charge in [-0.1, -0.05) is 62.7 Å². The standard InChI is InChI=1S/C27H39N3O4S/c1-5-7-18-28-27(32)25(6-2)29(21-23-14-9-8-10-15-23)26(31)17-12-19-30(35(4,33)34)24-16-11-13-22(3)20-24/h8-11,13-16,20,25H,5-7,12,17-19,21H2,1-4H3,(H,28,32). The number of hydrogen-bond donors (Lipinski definition) is 1. The van der Waals surface area contributed by atoms with E-state index in [4.69, 9.17) is 0 Å². The Labute approximate surface area is 210 Å². The maximum Gasteiger partial charge on any atom is 0.242 e. The molecule has 1 atom stereocenters. The first-order chi connectivity index (χ1) is 16.7. The number of nitrogens with zero attached hydrogens (tertiary/aromatic N) is 2. The molecule has 0 fully saturated rings. The summed E-state index contributed by atoms with van der Waals surface area (Å²) in [5.41, 5.74) is 2.49. The third-order valence-corrected chi connectivity index (χ3v) is 7.05. The predicted octanol–water partition coefficient (Wildman–Crippen LogP) is 4.26. The van der Waals surface area contributed by atoms with Crippen LogP contribution >= 0.6 is 0 Å². The van der Waals surface area contributed by atoms with Crippen LogP contribution in [0.1, 0.15) is 57.1 Å². The highest BCUT2D eigenvalue weighted by atomic mass is 32.2. The topological polar surface area (TPSA) is 86.8 Å². The third-order valence-electron chi connectivity index (χ3n) is 5.85. The molecule has 0 saturated heterocycles. The summed E-state index contributed by atoms with van der Waals surface area (Å²) in [5, 5.41) is 2.96. The Kier molecular flexibility index (Phi) is 11.2. The van der Waals surface area contributed by atoms with Crippen molar-refractivity contribution in [2.75, 3.05) is 23.7 Å². The summed E-state index contributed by atoms with van der Waals surface area (Å²) in [6.07, 6.45) is 4.01. The minimum atomic E-state index is -3.50. The Morgan fingerprint density at radius 1 is 1.00 bits per heavy atom. The van der Waals surface area contributed by atoms with Gasteiger partial charge in [0.1, 0.15) is 6.04 Å². The minimum Gasteiger partial charge on any atom is -0.354 e. The van der Waals surface area contributed by atoms with Gasteiger partial charge in [0.15, 0.2) is 0 Å². The Hall–Kier alpha value is -2.87. The van der Waals surface area contributed by atoms with E-state index in [1.165, 1.54) is 10.6 Å². The van der Waals surface area contributed by atoms with Crippen LogP contribution in [0.4, 0.5) is 5.69 Å². The average Bonchev–Trinajstić information content (AvgIpc) is 2.81. The first-order valence-electron chi connectivity index (χ1n) is 12.3. The van der Waals surface area contributed by atoms with Crippen molar-refractivity contribution in [3.63, 3.8) is 0 Å². The molecule has 1 N–H and O–H groups in total. The monoisotopic (exact) mass is 501 g/mol. The average molecular weight is 502 g/mol. The zero-order valence-electron chi connectivity index (χ0n) is 21.4. The van der Waals surface area contributed by atoms with Crippen LogP contribution in [0.5, 0.6) is 0 Å². The highest BCUT2D eigenvalue weighted by molar-refractivity contribution is 7.92. The molecular formula is C27H39N3O4S. The lowest BCUT2D eigenvalue weighted by Crippen LogP contribution is -2.49. The molecule has 35 heavy (non-hydrogen) atoms. The second-order valence-corrected chi connectivity index (χ2v) is 10.8. The first kappa shape index (κ1) is 28.4. The summed E-state index contributed by atoms with van der Waals surface area (Å²) < 4.78 is 26.2. The van der Waals surface area contributed by atoms with Crippen molar-refractivity contribution >= 4 is 27.5 Å². The lowest BCUT2D eigenvalue weighted by Gasteiger charge is -2.31. The Bertz CT molecular complexity index is 1060. The molecule has 0 radical (unpaired) electrons. The number of unbranched alkanes of at least 4 members (excludes halogenated alkanes) is 1. The van der Waals surface area contributed by atoms with Crippen LogP contribution in [0.3, 0.4) is 0 Å². The molecule has 8 heteroatoms. The SMILES string of the molecule is CCCCNC(=O)C(CC)N(Cc1ccccc1)C(=O)CCCN(c1cccc(C)c1)S(C)(=O)=O. The van der Waals surface area contributed by atoms with Crippen LogP contribution in [0, 0.1) is 6.92 Å². The van der Waals surface area contributed by atoms with Crippen molar-refractivity contribution in [1.29, 1.82) is 0 Å². The maximum absolute atomic E-state index is 13.4. The van der Waals surface area contributed by atoms with Crippen LogP contribution in [0.15, 0.2) is 54.6 Å². The van der Waals surface area contributed by atoms with Gasteiger partial charge in [0.2, 0.25) is 21.8 Å². The normalized spacial score (nSPS) is 12.1. The van der Waals surface area contributed by atoms with Crippen LogP contribution in [-0.2, 0) is 26.2 Å². The van der Waals surface area contributed by atoms with E-state index in [9.17, 15) is 18.0 Å². The lowest BCUT2D eigenvalue weighted by atomic mass is 10.1. The van der Waals surface area contributed by atoms with Crippen molar-refractivity contribution in [3.05, 3.63) is 65.7 Å². The second-order valence-electron chi connectivity index (χ2n) is 8.85. The van der Waals surface area contributed by atoms with Gasteiger partial charge in [0.05, 0.1) is 11.9 Å². The Morgan fingerprint density at radius 2 is 1.71 bits per heavy atom. The number of sulfonamides is 1. The molecule has 0 spiro atoms. The van der Waals surface area contributed by atoms with Gasteiger partial charge in [-0.3, -0.25) is 13.9 Å². The van der Waals surface area contributed by atoms with Gasteiger partial charge in [-0.15, -0.1) is 0 Å². The fourth-order valence-corrected chi connectivity index (χ4v) is 4.95. The molecular weight excluding hydrogens is 462 g/mol. The lowest BCUT2D eigenvalue weighted by molar-refractivity contribution is -0.141. The smallest absolute Gasteiger partial charge is 0.242 e. The second kappa shape index (κ2) is 13.9. The van der Waals surface area contributed by atoms with Crippen LogP contribution in [0.25, 0.3) is 0 Å². The summed E-state index contributed by atoms with van der Waals surface area (Å²) >= 11 is 0. The molecule has 2 aromatic rings. The molecule has 1 unspecified atom stereocenters. The zero-order valence-corrected chi connectivity index (χ0v) is 22.2. The van der Waals surface area contributed by atoms with Gasteiger partial charge in [-0.05, 0) is 49.4 Å². The first-order valence-corrected chi connectivity index (χ1v) is 14.2. The molecule has 0 aliphatic carbocycles. The van der Waals surface area contributed by atoms with E-state index >= 15 is 0 Å². The molecule has 2 amide bonds. The maximum atomic E-state index is 13.4. The van der Waals surface area contributed by atoms with Crippen LogP contribution in [0.2, 0.25) is 0 Å². The van der Waals surface area contributed by atoms with E-state index < -0.39 is 16.1 Å². The van der Waals surface area contributed by atoms with Gasteiger partial charge in [-0.2, -0.15) is 0 Å². The van der Waals surface area contributed by atoms with Gasteiger partial charge >= 0.3 is 0 Å². The van der Waals surface area contributed by atoms with Gasteiger partial charge < -0.3 is 10.2 Å². The number of benzene rings is 2. The summed E-state index contributed by atoms with van der Waals surface area (Å²) in [7, 11) is -3.50. The van der Waals surface area contributed by atoms with E-state index in [0.29, 0.717) is 31.6 Å². The highest BCUT2D eigenvalue weighted by Crippen LogP contribution is 2.20. The third kappa shape index (κ3) is 9.02. The zero-order chi connectivity index (χ0) is 25.8. The summed E-state index contributed by atoms with van der Waals surface area (Å²) in [5.74, 6) is -0.313. The quantitative estimate of drug-likeness (QED) is 0.392. The van der Waals surface area contributed by atoms with E-state index in [1.54, 1.807) is 11.0 Å². The van der Waals surface area contributed by atoms with Crippen molar-refractivity contribution in [3.8, 4) is 0 Å². The molecule has 2 aromatic carbocycles. The van der Waals surface area contributed by atoms with Gasteiger partial charge in [0, 0.05) is 26.1 Å². The molecule has 2 rings (SSSR count). The number of nitrogens with one attached hydrogen (secondary N) is 1. The number of anilines is 1. The fourth-order valence-electron chi connectivity index (χ4n) is 3.99. The van der Waals surface area contributed by atoms with Gasteiger partial charge in [0.25, 0.3) is 0 Å². The van der Waals surface area contributed by atoms with E-state index in [1.807, 2.05) is 62.4 Å². The van der Waals surface area contributed by atoms with Crippen molar-refractivity contribution in [2.24, 2.45) is 0 Å². The van der Waals surface area contributed by atoms with Crippen LogP contribution in [-0.4, -0.2) is 50.5 Å². The van der Waals surface area contributed by atoms with Crippen LogP contribution < -0.4 is 9.62 Å². The molecule has 0 aromatic heterocycles. The molecule has 0 saturated carbocycles. The Balaban J connectivity index is 2.16. The van der Waals surface area contributed by atoms with Crippen molar-refractivity contribution in [1.82, 2.24) is 10.2 Å². The summed E-state index contributed by atoms with van der Waals surface area (Å²) in [4.78, 5) is 27.9. The summed E-state index contributed by atoms with van der Waals surface area (Å²) in [6, 6.07) is 16.3. The molecule has 0 heterocycles. The largest absolute Gasteiger partial charge is 0.354 e. The number of rotatable bonds is 14. The predicted molar refractivity (Wildman–Crippen MR) is 142 cm³/mol. The molecule has 0 aliphatic rings. The number of aryl methyl sites for hydroxylation is 1. The van der Waals surface area contributed by atoms with E-state index in [2.05, 4.69) is 12.2 Å². The molecule has 7 nitrogen and oxygen atoms in total. The fraction of sp³-hybridized carbons (Fsp3) is 0.481. The van der Waals surface area contributed by atoms with Gasteiger partial charge in [-0.25, -0.2) is 8.42 Å². The highest BCUT2D eigenvalue weighted by Gasteiger charge is 2.28. The molecule has 0 aliphatic heterocycles. The summed E-state index contributed by atoms with van der Waals surface area (Å²) in [6.45, 7) is 6.97.